The summed E-state index contributed by atoms with van der Waals surface area (Å²) in [6.45, 7) is 3.33. The number of aliphatic hydroxyl groups excluding tert-OH is 1. The minimum absolute atomic E-state index is 0.102. The number of hydrogen-bond acceptors (Lipinski definition) is 7. The van der Waals surface area contributed by atoms with Crippen LogP contribution in [0.1, 0.15) is 44.8 Å². The zero-order valence-corrected chi connectivity index (χ0v) is 26.5. The van der Waals surface area contributed by atoms with E-state index in [-0.39, 0.29) is 25.5 Å². The summed E-state index contributed by atoms with van der Waals surface area (Å²) in [5, 5.41) is 13.7. The van der Waals surface area contributed by atoms with Gasteiger partial charge in [-0.1, -0.05) is 85.3 Å². The molecule has 1 spiro atoms. The van der Waals surface area contributed by atoms with E-state index < -0.39 is 65.6 Å². The van der Waals surface area contributed by atoms with Gasteiger partial charge in [-0.25, -0.2) is 0 Å². The highest BCUT2D eigenvalue weighted by Crippen LogP contribution is 2.56. The van der Waals surface area contributed by atoms with Crippen LogP contribution in [-0.4, -0.2) is 76.7 Å². The van der Waals surface area contributed by atoms with Crippen molar-refractivity contribution in [2.24, 2.45) is 11.8 Å². The third-order valence-corrected chi connectivity index (χ3v) is 9.83. The van der Waals surface area contributed by atoms with Crippen LogP contribution in [0.3, 0.4) is 0 Å². The molecule has 11 heteroatoms. The molecule has 8 atom stereocenters. The van der Waals surface area contributed by atoms with E-state index in [1.54, 1.807) is 49.4 Å². The molecular formula is C35H38ClN3O7. The fourth-order valence-corrected chi connectivity index (χ4v) is 7.55. The Morgan fingerprint density at radius 3 is 2.50 bits per heavy atom. The van der Waals surface area contributed by atoms with E-state index in [4.69, 9.17) is 21.1 Å². The molecule has 2 fully saturated rings. The zero-order valence-electron chi connectivity index (χ0n) is 25.8. The highest BCUT2D eigenvalue weighted by molar-refractivity contribution is 6.34. The summed E-state index contributed by atoms with van der Waals surface area (Å²) >= 11 is 6.61. The Balaban J connectivity index is 1.47. The molecule has 2 aromatic rings. The number of fused-ring (bicyclic) bond motifs is 2. The van der Waals surface area contributed by atoms with E-state index in [9.17, 15) is 24.3 Å². The van der Waals surface area contributed by atoms with Crippen molar-refractivity contribution in [3.05, 3.63) is 89.5 Å². The molecule has 4 heterocycles. The molecule has 0 unspecified atom stereocenters. The second-order valence-electron chi connectivity index (χ2n) is 12.2. The smallest absolute Gasteiger partial charge is 0.313 e. The van der Waals surface area contributed by atoms with E-state index in [0.29, 0.717) is 29.1 Å². The summed E-state index contributed by atoms with van der Waals surface area (Å²) < 4.78 is 12.7. The van der Waals surface area contributed by atoms with E-state index in [1.165, 1.54) is 9.80 Å². The maximum absolute atomic E-state index is 14.8. The average Bonchev–Trinajstić information content (AvgIpc) is 3.70. The van der Waals surface area contributed by atoms with Crippen LogP contribution in [-0.2, 0) is 28.7 Å². The molecule has 0 aromatic heterocycles. The number of likely N-dealkylation sites (tertiary alicyclic amines) is 1. The standard InChI is InChI=1S/C35H38ClN3O7/c1-3-23(20-40)39-31-33(43)38(25-15-10-9-14-24(25)36)19-11-5-8-16-27(41)37-21(2)30(22-12-6-4-7-13-22)45-34(44)28-26-17-18-35(31,46-26)29(28)32(39)42/h4-7,9-15,17-18,21,23,26,28-31,40H,3,8,16,19-20H2,1-2H3,(H,37,41)/b11-5-/t21-,23-,26+,28-,29-,30+,31+,35-/m0/s1. The van der Waals surface area contributed by atoms with Crippen molar-refractivity contribution in [3.8, 4) is 0 Å². The molecule has 4 aliphatic heterocycles. The monoisotopic (exact) mass is 647 g/mol. The Hall–Kier alpha value is -3.99. The summed E-state index contributed by atoms with van der Waals surface area (Å²) in [5.74, 6) is -3.91. The number of hydrogen-bond donors (Lipinski definition) is 2. The highest BCUT2D eigenvalue weighted by Gasteiger charge is 2.74. The molecule has 0 saturated carbocycles. The molecular weight excluding hydrogens is 610 g/mol. The van der Waals surface area contributed by atoms with Crippen LogP contribution in [0.4, 0.5) is 5.69 Å². The molecule has 6 rings (SSSR count). The number of rotatable bonds is 5. The molecule has 2 saturated heterocycles. The number of benzene rings is 2. The van der Waals surface area contributed by atoms with Crippen molar-refractivity contribution in [2.75, 3.05) is 18.1 Å². The van der Waals surface area contributed by atoms with Gasteiger partial charge in [0.25, 0.3) is 5.91 Å². The Labute approximate surface area is 273 Å². The molecule has 242 valence electrons. The van der Waals surface area contributed by atoms with Crippen LogP contribution < -0.4 is 10.2 Å². The summed E-state index contributed by atoms with van der Waals surface area (Å²) in [7, 11) is 0. The van der Waals surface area contributed by atoms with Gasteiger partial charge in [-0.3, -0.25) is 19.2 Å². The second-order valence-corrected chi connectivity index (χ2v) is 12.6. The number of cyclic esters (lactones) is 1. The largest absolute Gasteiger partial charge is 0.455 e. The average molecular weight is 648 g/mol. The molecule has 0 radical (unpaired) electrons. The number of ether oxygens (including phenoxy) is 2. The predicted molar refractivity (Wildman–Crippen MR) is 171 cm³/mol. The Kier molecular flexibility index (Phi) is 9.05. The Bertz CT molecular complexity index is 1560. The number of nitrogens with zero attached hydrogens (tertiary/aromatic N) is 2. The first-order valence-corrected chi connectivity index (χ1v) is 16.2. The van der Waals surface area contributed by atoms with Crippen molar-refractivity contribution in [1.29, 1.82) is 0 Å². The van der Waals surface area contributed by atoms with Gasteiger partial charge < -0.3 is 29.7 Å². The summed E-state index contributed by atoms with van der Waals surface area (Å²) in [6.07, 6.45) is 6.37. The summed E-state index contributed by atoms with van der Waals surface area (Å²) in [5.41, 5.74) is -0.347. The van der Waals surface area contributed by atoms with Crippen molar-refractivity contribution in [3.63, 3.8) is 0 Å². The van der Waals surface area contributed by atoms with Gasteiger partial charge >= 0.3 is 5.97 Å². The zero-order chi connectivity index (χ0) is 32.6. The van der Waals surface area contributed by atoms with E-state index >= 15 is 0 Å². The molecule has 4 aliphatic rings. The molecule has 3 amide bonds. The maximum atomic E-state index is 14.8. The number of esters is 1. The Morgan fingerprint density at radius 2 is 1.78 bits per heavy atom. The number of nitrogens with one attached hydrogen (secondary N) is 1. The fourth-order valence-electron chi connectivity index (χ4n) is 7.31. The van der Waals surface area contributed by atoms with Crippen LogP contribution in [0.15, 0.2) is 78.9 Å². The van der Waals surface area contributed by atoms with Gasteiger partial charge in [-0.15, -0.1) is 0 Å². The summed E-state index contributed by atoms with van der Waals surface area (Å²) in [4.78, 5) is 59.4. The van der Waals surface area contributed by atoms with Gasteiger partial charge in [-0.05, 0) is 37.5 Å². The van der Waals surface area contributed by atoms with Gasteiger partial charge in [0, 0.05) is 13.0 Å². The quantitative estimate of drug-likeness (QED) is 0.374. The lowest BCUT2D eigenvalue weighted by Gasteiger charge is -2.38. The maximum Gasteiger partial charge on any atom is 0.313 e. The molecule has 10 nitrogen and oxygen atoms in total. The van der Waals surface area contributed by atoms with Crippen molar-refractivity contribution >= 4 is 41.0 Å². The van der Waals surface area contributed by atoms with Crippen LogP contribution >= 0.6 is 11.6 Å². The topological polar surface area (TPSA) is 125 Å². The van der Waals surface area contributed by atoms with E-state index in [0.717, 1.165) is 0 Å². The molecule has 2 N–H and O–H groups in total. The van der Waals surface area contributed by atoms with Gasteiger partial charge in [0.1, 0.15) is 23.7 Å². The van der Waals surface area contributed by atoms with Gasteiger partial charge in [0.2, 0.25) is 11.8 Å². The normalized spacial score (nSPS) is 32.7. The van der Waals surface area contributed by atoms with E-state index in [2.05, 4.69) is 5.32 Å². The lowest BCUT2D eigenvalue weighted by atomic mass is 9.74. The van der Waals surface area contributed by atoms with Crippen LogP contribution in [0.5, 0.6) is 0 Å². The van der Waals surface area contributed by atoms with Crippen LogP contribution in [0, 0.1) is 11.8 Å². The number of para-hydroxylation sites is 1. The second kappa shape index (κ2) is 13.0. The number of aliphatic hydroxyl groups is 1. The third kappa shape index (κ3) is 5.42. The highest BCUT2D eigenvalue weighted by atomic mass is 35.5. The number of carbonyl (C=O) groups excluding carboxylic acids is 4. The molecule has 5 bridgehead atoms. The lowest BCUT2D eigenvalue weighted by Crippen LogP contribution is -2.58. The lowest BCUT2D eigenvalue weighted by molar-refractivity contribution is -0.161. The first-order valence-electron chi connectivity index (χ1n) is 15.8. The predicted octanol–water partition coefficient (Wildman–Crippen LogP) is 3.73. The minimum Gasteiger partial charge on any atom is -0.455 e. The van der Waals surface area contributed by atoms with Crippen molar-refractivity contribution < 1.29 is 33.8 Å². The Morgan fingerprint density at radius 1 is 1.04 bits per heavy atom. The number of carbonyl (C=O) groups is 4. The molecule has 0 aliphatic carbocycles. The minimum atomic E-state index is -1.47. The van der Waals surface area contributed by atoms with Crippen molar-refractivity contribution in [2.45, 2.75) is 69.0 Å². The number of allylic oxidation sites excluding steroid dienone is 1. The SMILES string of the molecule is CC[C@@H](CO)N1C(=O)[C@@H]2[C@H]3C(=O)O[C@@H](c4ccccc4)[C@H](C)NC(=O)CC/C=C\CN(c4ccccc4Cl)C(=O)[C@@H]1[C@]21C=C[C@H]3O1. The first kappa shape index (κ1) is 32.0. The van der Waals surface area contributed by atoms with Crippen LogP contribution in [0.2, 0.25) is 5.02 Å². The fraction of sp³-hybridized carbons (Fsp3) is 0.429. The molecule has 46 heavy (non-hydrogen) atoms. The van der Waals surface area contributed by atoms with Gasteiger partial charge in [-0.2, -0.15) is 0 Å². The number of halogens is 1. The number of amides is 3. The van der Waals surface area contributed by atoms with Gasteiger partial charge in [0.05, 0.1) is 41.4 Å². The van der Waals surface area contributed by atoms with Crippen LogP contribution in [0.25, 0.3) is 0 Å². The summed E-state index contributed by atoms with van der Waals surface area (Å²) in [6, 6.07) is 13.6. The first-order chi connectivity index (χ1) is 22.2. The number of anilines is 1. The van der Waals surface area contributed by atoms with E-state index in [1.807, 2.05) is 43.3 Å². The van der Waals surface area contributed by atoms with Crippen molar-refractivity contribution in [1.82, 2.24) is 10.2 Å². The third-order valence-electron chi connectivity index (χ3n) is 9.51. The molecule has 2 aromatic carbocycles. The van der Waals surface area contributed by atoms with Gasteiger partial charge in [0.15, 0.2) is 0 Å².